The molecule has 0 atom stereocenters. The minimum absolute atomic E-state index is 0. The van der Waals surface area contributed by atoms with Gasteiger partial charge in [0.25, 0.3) is 0 Å². The second-order valence-corrected chi connectivity index (χ2v) is 2.14. The number of rotatable bonds is 1. The first-order valence-electron chi connectivity index (χ1n) is 2.64. The van der Waals surface area contributed by atoms with E-state index in [4.69, 9.17) is 0 Å². The molecule has 0 N–H and O–H groups in total. The van der Waals surface area contributed by atoms with Crippen molar-refractivity contribution in [2.75, 3.05) is 0 Å². The van der Waals surface area contributed by atoms with Crippen molar-refractivity contribution in [3.8, 4) is 0 Å². The Morgan fingerprint density at radius 2 is 0.562 bits per heavy atom. The van der Waals surface area contributed by atoms with E-state index < -0.39 is 24.2 Å². The standard InChI is InChI=1S/C4F10.2K.2H/c5-1(6,3(9,10)11)2(7,8)4(12,13)14;;;;/q;2*+1;2*-1. The molecule has 0 aliphatic rings. The number of hydrogen-bond acceptors (Lipinski definition) is 0. The van der Waals surface area contributed by atoms with Crippen molar-refractivity contribution in [1.29, 1.82) is 0 Å². The summed E-state index contributed by atoms with van der Waals surface area (Å²) in [6.07, 6.45) is -13.9. The largest absolute Gasteiger partial charge is 1.00 e. The molecule has 0 fully saturated rings. The molecule has 12 heteroatoms. The zero-order valence-electron chi connectivity index (χ0n) is 9.78. The Morgan fingerprint density at radius 1 is 0.438 bits per heavy atom. The van der Waals surface area contributed by atoms with Gasteiger partial charge in [-0.25, -0.2) is 0 Å². The summed E-state index contributed by atoms with van der Waals surface area (Å²) in [5, 5.41) is 0. The third kappa shape index (κ3) is 4.60. The summed E-state index contributed by atoms with van der Waals surface area (Å²) in [4.78, 5) is 0. The van der Waals surface area contributed by atoms with Gasteiger partial charge in [-0.3, -0.25) is 0 Å². The third-order valence-electron chi connectivity index (χ3n) is 1.11. The van der Waals surface area contributed by atoms with Crippen LogP contribution < -0.4 is 103 Å². The van der Waals surface area contributed by atoms with Crippen molar-refractivity contribution in [2.24, 2.45) is 0 Å². The van der Waals surface area contributed by atoms with E-state index in [1.807, 2.05) is 0 Å². The molecule has 0 unspecified atom stereocenters. The van der Waals surface area contributed by atoms with Crippen molar-refractivity contribution in [3.63, 3.8) is 0 Å². The fourth-order valence-corrected chi connectivity index (χ4v) is 0.356. The molecule has 0 spiro atoms. The quantitative estimate of drug-likeness (QED) is 0.374. The predicted octanol–water partition coefficient (Wildman–Crippen LogP) is -2.39. The molecule has 0 bridgehead atoms. The van der Waals surface area contributed by atoms with Crippen LogP contribution in [-0.4, -0.2) is 24.2 Å². The molecule has 0 saturated heterocycles. The van der Waals surface area contributed by atoms with E-state index >= 15 is 0 Å². The van der Waals surface area contributed by atoms with Crippen molar-refractivity contribution < 1.29 is 150 Å². The van der Waals surface area contributed by atoms with Gasteiger partial charge in [-0.15, -0.1) is 0 Å². The molecule has 0 amide bonds. The van der Waals surface area contributed by atoms with Crippen LogP contribution in [0, 0.1) is 0 Å². The summed E-state index contributed by atoms with van der Waals surface area (Å²) in [5.41, 5.74) is 0. The molecule has 0 nitrogen and oxygen atoms in total. The van der Waals surface area contributed by atoms with E-state index in [2.05, 4.69) is 0 Å². The molecule has 0 heterocycles. The molecule has 0 rings (SSSR count). The van der Waals surface area contributed by atoms with Gasteiger partial charge in [0.1, 0.15) is 0 Å². The summed E-state index contributed by atoms with van der Waals surface area (Å²) >= 11 is 0. The number of alkyl halides is 10. The second-order valence-electron chi connectivity index (χ2n) is 2.14. The average Bonchev–Trinajstić information content (AvgIpc) is 1.81. The normalized spacial score (nSPS) is 13.9. The summed E-state index contributed by atoms with van der Waals surface area (Å²) < 4.78 is 113. The van der Waals surface area contributed by atoms with Crippen molar-refractivity contribution in [3.05, 3.63) is 0 Å². The third-order valence-corrected chi connectivity index (χ3v) is 1.11. The first kappa shape index (κ1) is 23.6. The van der Waals surface area contributed by atoms with Crippen LogP contribution in [0.4, 0.5) is 43.9 Å². The monoisotopic (exact) mass is 318 g/mol. The van der Waals surface area contributed by atoms with Gasteiger partial charge in [-0.05, 0) is 0 Å². The summed E-state index contributed by atoms with van der Waals surface area (Å²) in [6, 6.07) is 0. The van der Waals surface area contributed by atoms with Crippen LogP contribution in [0.25, 0.3) is 0 Å². The van der Waals surface area contributed by atoms with E-state index in [0.29, 0.717) is 0 Å². The van der Waals surface area contributed by atoms with Gasteiger partial charge >= 0.3 is 127 Å². The number of hydrogen-bond donors (Lipinski definition) is 0. The minimum Gasteiger partial charge on any atom is -1.00 e. The zero-order valence-corrected chi connectivity index (χ0v) is 14.0. The fourth-order valence-electron chi connectivity index (χ4n) is 0.356. The first-order valence-corrected chi connectivity index (χ1v) is 2.64. The molecule has 0 saturated carbocycles. The van der Waals surface area contributed by atoms with Gasteiger partial charge < -0.3 is 2.85 Å². The van der Waals surface area contributed by atoms with Crippen LogP contribution in [0.15, 0.2) is 0 Å². The molecular formula is C4H2F10K2. The molecule has 0 radical (unpaired) electrons. The molecule has 0 aromatic heterocycles. The molecule has 0 aliphatic carbocycles. The summed E-state index contributed by atoms with van der Waals surface area (Å²) in [5.74, 6) is -14.3. The topological polar surface area (TPSA) is 0 Å². The average molecular weight is 318 g/mol. The van der Waals surface area contributed by atoms with Crippen molar-refractivity contribution >= 4 is 0 Å². The zero-order chi connectivity index (χ0) is 12.0. The van der Waals surface area contributed by atoms with Crippen molar-refractivity contribution in [2.45, 2.75) is 24.2 Å². The summed E-state index contributed by atoms with van der Waals surface area (Å²) in [6.45, 7) is 0. The van der Waals surface area contributed by atoms with E-state index in [9.17, 15) is 43.9 Å². The molecular weight excluding hydrogens is 316 g/mol. The van der Waals surface area contributed by atoms with Gasteiger partial charge in [-0.1, -0.05) is 0 Å². The minimum atomic E-state index is -7.14. The molecule has 16 heavy (non-hydrogen) atoms. The molecule has 0 aromatic rings. The van der Waals surface area contributed by atoms with Crippen molar-refractivity contribution in [1.82, 2.24) is 0 Å². The maximum Gasteiger partial charge on any atom is 1.00 e. The Labute approximate surface area is 170 Å². The van der Waals surface area contributed by atoms with E-state index in [0.717, 1.165) is 0 Å². The SMILES string of the molecule is FC(F)(F)C(F)(F)C(F)(F)C(F)(F)F.[H-].[H-].[K+].[K+]. The van der Waals surface area contributed by atoms with E-state index in [-0.39, 0.29) is 106 Å². The first-order chi connectivity index (χ1) is 5.75. The molecule has 0 aromatic carbocycles. The van der Waals surface area contributed by atoms with Crippen LogP contribution in [0.3, 0.4) is 0 Å². The predicted molar refractivity (Wildman–Crippen MR) is 24.2 cm³/mol. The molecule has 90 valence electrons. The Kier molecular flexibility index (Phi) is 10.1. The van der Waals surface area contributed by atoms with Crippen LogP contribution in [0.2, 0.25) is 0 Å². The van der Waals surface area contributed by atoms with Gasteiger partial charge in [0.05, 0.1) is 0 Å². The van der Waals surface area contributed by atoms with Gasteiger partial charge in [0.2, 0.25) is 0 Å². The fraction of sp³-hybridized carbons (Fsp3) is 1.00. The maximum absolute atomic E-state index is 11.6. The second kappa shape index (κ2) is 6.84. The maximum atomic E-state index is 11.6. The van der Waals surface area contributed by atoms with Crippen LogP contribution >= 0.6 is 0 Å². The Morgan fingerprint density at radius 3 is 0.625 bits per heavy atom. The Balaban J connectivity index is -0.000000141. The summed E-state index contributed by atoms with van der Waals surface area (Å²) in [7, 11) is 0. The van der Waals surface area contributed by atoms with Crippen LogP contribution in [-0.2, 0) is 0 Å². The van der Waals surface area contributed by atoms with Crippen LogP contribution in [0.5, 0.6) is 0 Å². The Hall–Kier alpha value is 2.57. The van der Waals surface area contributed by atoms with E-state index in [1.54, 1.807) is 0 Å². The molecule has 0 aliphatic heterocycles. The Bertz CT molecular complexity index is 199. The van der Waals surface area contributed by atoms with Gasteiger partial charge in [0.15, 0.2) is 0 Å². The number of halogens is 10. The smallest absolute Gasteiger partial charge is 1.00 e. The van der Waals surface area contributed by atoms with Gasteiger partial charge in [-0.2, -0.15) is 43.9 Å². The van der Waals surface area contributed by atoms with Gasteiger partial charge in [0, 0.05) is 0 Å². The van der Waals surface area contributed by atoms with Crippen LogP contribution in [0.1, 0.15) is 2.85 Å². The van der Waals surface area contributed by atoms with E-state index in [1.165, 1.54) is 0 Å².